The summed E-state index contributed by atoms with van der Waals surface area (Å²) in [6.45, 7) is 8.63. The fraction of sp³-hybridized carbons (Fsp3) is 0.333. The van der Waals surface area contributed by atoms with E-state index in [4.69, 9.17) is 0 Å². The van der Waals surface area contributed by atoms with E-state index in [1.807, 2.05) is 33.8 Å². The van der Waals surface area contributed by atoms with Crippen molar-refractivity contribution in [1.29, 1.82) is 0 Å². The van der Waals surface area contributed by atoms with Crippen LogP contribution in [-0.2, 0) is 6.54 Å². The monoisotopic (exact) mass is 231 g/mol. The minimum Gasteiger partial charge on any atom is -0.313 e. The van der Waals surface area contributed by atoms with E-state index in [1.54, 1.807) is 6.20 Å². The van der Waals surface area contributed by atoms with Crippen molar-refractivity contribution < 1.29 is 0 Å². The van der Waals surface area contributed by atoms with Gasteiger partial charge in [0.05, 0.1) is 0 Å². The largest absolute Gasteiger partial charge is 0.313 e. The Labute approximate surface area is 101 Å². The number of nitrogens with zero attached hydrogens (tertiary/aromatic N) is 4. The van der Waals surface area contributed by atoms with Gasteiger partial charge in [-0.05, 0) is 13.8 Å². The second kappa shape index (κ2) is 4.86. The first-order chi connectivity index (χ1) is 8.20. The first-order valence-electron chi connectivity index (χ1n) is 5.65. The summed E-state index contributed by atoms with van der Waals surface area (Å²) in [6.07, 6.45) is 7.45. The standard InChI is InChI=1S/C12H17N5/c1-4-7-16-9-6-13-12(16)14-11-5-8-17(15-11)10(2)3/h4-6,8-10H,1,7H2,2-3H3,(H,13,14,15). The summed E-state index contributed by atoms with van der Waals surface area (Å²) in [6, 6.07) is 2.30. The van der Waals surface area contributed by atoms with Gasteiger partial charge < -0.3 is 9.88 Å². The Balaban J connectivity index is 2.13. The van der Waals surface area contributed by atoms with Crippen molar-refractivity contribution in [3.05, 3.63) is 37.3 Å². The van der Waals surface area contributed by atoms with Crippen LogP contribution in [0.25, 0.3) is 0 Å². The Morgan fingerprint density at radius 2 is 2.29 bits per heavy atom. The zero-order valence-corrected chi connectivity index (χ0v) is 10.2. The second-order valence-electron chi connectivity index (χ2n) is 4.09. The van der Waals surface area contributed by atoms with E-state index in [9.17, 15) is 0 Å². The summed E-state index contributed by atoms with van der Waals surface area (Å²) in [4.78, 5) is 4.24. The summed E-state index contributed by atoms with van der Waals surface area (Å²) in [5.74, 6) is 1.58. The summed E-state index contributed by atoms with van der Waals surface area (Å²) < 4.78 is 3.88. The van der Waals surface area contributed by atoms with E-state index in [0.717, 1.165) is 18.3 Å². The molecule has 0 radical (unpaired) electrons. The lowest BCUT2D eigenvalue weighted by Gasteiger charge is -2.06. The van der Waals surface area contributed by atoms with E-state index in [1.165, 1.54) is 0 Å². The zero-order valence-electron chi connectivity index (χ0n) is 10.2. The molecule has 2 aromatic heterocycles. The van der Waals surface area contributed by atoms with Gasteiger partial charge in [-0.2, -0.15) is 5.10 Å². The molecule has 5 heteroatoms. The lowest BCUT2D eigenvalue weighted by Crippen LogP contribution is -2.04. The molecule has 0 unspecified atom stereocenters. The molecule has 0 aromatic carbocycles. The molecular formula is C12H17N5. The zero-order chi connectivity index (χ0) is 12.3. The van der Waals surface area contributed by atoms with Gasteiger partial charge in [0, 0.05) is 37.2 Å². The van der Waals surface area contributed by atoms with Crippen LogP contribution in [0.4, 0.5) is 11.8 Å². The number of hydrogen-bond donors (Lipinski definition) is 1. The van der Waals surface area contributed by atoms with Gasteiger partial charge in [0.1, 0.15) is 0 Å². The minimum absolute atomic E-state index is 0.360. The first kappa shape index (κ1) is 11.4. The lowest BCUT2D eigenvalue weighted by molar-refractivity contribution is 0.534. The molecule has 0 spiro atoms. The van der Waals surface area contributed by atoms with Crippen molar-refractivity contribution in [3.8, 4) is 0 Å². The normalized spacial score (nSPS) is 10.8. The van der Waals surface area contributed by atoms with Crippen LogP contribution in [0.5, 0.6) is 0 Å². The number of hydrogen-bond acceptors (Lipinski definition) is 3. The molecule has 0 aliphatic heterocycles. The summed E-state index contributed by atoms with van der Waals surface area (Å²) in [5, 5.41) is 7.60. The Morgan fingerprint density at radius 1 is 1.47 bits per heavy atom. The van der Waals surface area contributed by atoms with Crippen LogP contribution in [0, 0.1) is 0 Å². The van der Waals surface area contributed by atoms with Crippen LogP contribution in [0.1, 0.15) is 19.9 Å². The third-order valence-corrected chi connectivity index (χ3v) is 2.42. The first-order valence-corrected chi connectivity index (χ1v) is 5.65. The maximum absolute atomic E-state index is 4.41. The fourth-order valence-corrected chi connectivity index (χ4v) is 1.53. The molecule has 0 saturated heterocycles. The van der Waals surface area contributed by atoms with Gasteiger partial charge in [0.25, 0.3) is 0 Å². The summed E-state index contributed by atoms with van der Waals surface area (Å²) in [5.41, 5.74) is 0. The smallest absolute Gasteiger partial charge is 0.208 e. The van der Waals surface area contributed by atoms with Crippen molar-refractivity contribution in [2.75, 3.05) is 5.32 Å². The Hall–Kier alpha value is -2.04. The van der Waals surface area contributed by atoms with Crippen molar-refractivity contribution in [2.24, 2.45) is 0 Å². The van der Waals surface area contributed by atoms with Gasteiger partial charge in [-0.1, -0.05) is 6.08 Å². The van der Waals surface area contributed by atoms with Gasteiger partial charge in [-0.25, -0.2) is 4.98 Å². The van der Waals surface area contributed by atoms with Crippen LogP contribution in [0.3, 0.4) is 0 Å². The van der Waals surface area contributed by atoms with E-state index in [-0.39, 0.29) is 0 Å². The van der Waals surface area contributed by atoms with E-state index >= 15 is 0 Å². The number of imidazole rings is 1. The molecule has 2 aromatic rings. The molecular weight excluding hydrogens is 214 g/mol. The minimum atomic E-state index is 0.360. The number of anilines is 2. The highest BCUT2D eigenvalue weighted by molar-refractivity contribution is 5.47. The van der Waals surface area contributed by atoms with Crippen LogP contribution < -0.4 is 5.32 Å². The van der Waals surface area contributed by atoms with Gasteiger partial charge in [-0.3, -0.25) is 4.68 Å². The third kappa shape index (κ3) is 2.55. The third-order valence-electron chi connectivity index (χ3n) is 2.42. The predicted molar refractivity (Wildman–Crippen MR) is 68.3 cm³/mol. The van der Waals surface area contributed by atoms with Crippen LogP contribution in [-0.4, -0.2) is 19.3 Å². The topological polar surface area (TPSA) is 47.7 Å². The van der Waals surface area contributed by atoms with E-state index in [2.05, 4.69) is 35.8 Å². The lowest BCUT2D eigenvalue weighted by atomic mass is 10.4. The van der Waals surface area contributed by atoms with Crippen molar-refractivity contribution in [2.45, 2.75) is 26.4 Å². The molecule has 0 bridgehead atoms. The van der Waals surface area contributed by atoms with Crippen molar-refractivity contribution in [1.82, 2.24) is 19.3 Å². The summed E-state index contributed by atoms with van der Waals surface area (Å²) >= 11 is 0. The van der Waals surface area contributed by atoms with Crippen molar-refractivity contribution in [3.63, 3.8) is 0 Å². The quantitative estimate of drug-likeness (QED) is 0.804. The Morgan fingerprint density at radius 3 is 2.94 bits per heavy atom. The molecule has 0 amide bonds. The van der Waals surface area contributed by atoms with E-state index < -0.39 is 0 Å². The number of rotatable bonds is 5. The average molecular weight is 231 g/mol. The average Bonchev–Trinajstić information content (AvgIpc) is 2.90. The van der Waals surface area contributed by atoms with Gasteiger partial charge in [0.15, 0.2) is 5.82 Å². The van der Waals surface area contributed by atoms with Gasteiger partial charge in [0.2, 0.25) is 5.95 Å². The predicted octanol–water partition coefficient (Wildman–Crippen LogP) is 2.59. The molecule has 1 N–H and O–H groups in total. The summed E-state index contributed by atoms with van der Waals surface area (Å²) in [7, 11) is 0. The fourth-order valence-electron chi connectivity index (χ4n) is 1.53. The number of allylic oxidation sites excluding steroid dienone is 1. The number of nitrogens with one attached hydrogen (secondary N) is 1. The Kier molecular flexibility index (Phi) is 3.27. The van der Waals surface area contributed by atoms with Gasteiger partial charge >= 0.3 is 0 Å². The molecule has 17 heavy (non-hydrogen) atoms. The molecule has 0 saturated carbocycles. The van der Waals surface area contributed by atoms with E-state index in [0.29, 0.717) is 6.04 Å². The molecule has 5 nitrogen and oxygen atoms in total. The molecule has 2 heterocycles. The maximum Gasteiger partial charge on any atom is 0.208 e. The van der Waals surface area contributed by atoms with Crippen LogP contribution in [0.15, 0.2) is 37.3 Å². The molecule has 0 aliphatic rings. The SMILES string of the molecule is C=CCn1ccnc1Nc1ccn(C(C)C)n1. The molecule has 0 fully saturated rings. The van der Waals surface area contributed by atoms with Gasteiger partial charge in [-0.15, -0.1) is 6.58 Å². The molecule has 0 atom stereocenters. The van der Waals surface area contributed by atoms with Crippen LogP contribution in [0.2, 0.25) is 0 Å². The number of aromatic nitrogens is 4. The highest BCUT2D eigenvalue weighted by atomic mass is 15.3. The highest BCUT2D eigenvalue weighted by Crippen LogP contribution is 2.14. The van der Waals surface area contributed by atoms with Crippen LogP contribution >= 0.6 is 0 Å². The Bertz CT molecular complexity index is 494. The maximum atomic E-state index is 4.41. The second-order valence-corrected chi connectivity index (χ2v) is 4.09. The van der Waals surface area contributed by atoms with Crippen molar-refractivity contribution >= 4 is 11.8 Å². The molecule has 2 rings (SSSR count). The highest BCUT2D eigenvalue weighted by Gasteiger charge is 2.05. The molecule has 90 valence electrons. The molecule has 0 aliphatic carbocycles.